The molecule has 2 aromatic rings. The first kappa shape index (κ1) is 20.8. The predicted molar refractivity (Wildman–Crippen MR) is 121 cm³/mol. The van der Waals surface area contributed by atoms with Gasteiger partial charge in [-0.2, -0.15) is 10.5 Å². The monoisotopic (exact) mass is 413 g/mol. The number of nitriles is 2. The Morgan fingerprint density at radius 3 is 2.13 bits per heavy atom. The van der Waals surface area contributed by atoms with Crippen molar-refractivity contribution in [2.75, 3.05) is 19.1 Å². The fourth-order valence-corrected chi connectivity index (χ4v) is 5.39. The molecule has 0 radical (unpaired) electrons. The first-order chi connectivity index (χ1) is 14.8. The Morgan fingerprint density at radius 1 is 0.968 bits per heavy atom. The molecule has 5 nitrogen and oxygen atoms in total. The number of benzene rings is 2. The number of hydrogen-bond acceptors (Lipinski definition) is 5. The zero-order chi connectivity index (χ0) is 22.4. The summed E-state index contributed by atoms with van der Waals surface area (Å²) in [7, 11) is 3.26. The lowest BCUT2D eigenvalue weighted by Gasteiger charge is -2.39. The van der Waals surface area contributed by atoms with Crippen LogP contribution in [0.25, 0.3) is 6.08 Å². The highest BCUT2D eigenvalue weighted by molar-refractivity contribution is 5.75. The molecule has 0 amide bonds. The molecule has 0 spiro atoms. The number of ether oxygens (including phenoxy) is 2. The summed E-state index contributed by atoms with van der Waals surface area (Å²) >= 11 is 0. The van der Waals surface area contributed by atoms with Gasteiger partial charge in [0.2, 0.25) is 0 Å². The van der Waals surface area contributed by atoms with Gasteiger partial charge >= 0.3 is 0 Å². The van der Waals surface area contributed by atoms with Crippen molar-refractivity contribution < 1.29 is 9.47 Å². The normalized spacial score (nSPS) is 23.3. The van der Waals surface area contributed by atoms with E-state index in [9.17, 15) is 10.5 Å². The van der Waals surface area contributed by atoms with E-state index in [1.807, 2.05) is 42.5 Å². The molecule has 3 atom stereocenters. The Morgan fingerprint density at radius 2 is 1.58 bits per heavy atom. The van der Waals surface area contributed by atoms with Gasteiger partial charge < -0.3 is 14.4 Å². The number of para-hydroxylation sites is 1. The molecule has 0 aliphatic carbocycles. The van der Waals surface area contributed by atoms with Crippen LogP contribution in [0.5, 0.6) is 11.5 Å². The van der Waals surface area contributed by atoms with E-state index >= 15 is 0 Å². The third-order valence-corrected chi connectivity index (χ3v) is 6.56. The highest BCUT2D eigenvalue weighted by Crippen LogP contribution is 2.61. The minimum atomic E-state index is -1.21. The van der Waals surface area contributed by atoms with E-state index in [4.69, 9.17) is 9.47 Å². The molecular weight excluding hydrogens is 386 g/mol. The van der Waals surface area contributed by atoms with Crippen LogP contribution in [0.4, 0.5) is 5.69 Å². The Bertz CT molecular complexity index is 1080. The van der Waals surface area contributed by atoms with E-state index in [0.717, 1.165) is 16.8 Å². The molecule has 2 heterocycles. The van der Waals surface area contributed by atoms with Gasteiger partial charge in [0.15, 0.2) is 5.41 Å². The Balaban J connectivity index is 2.05. The fraction of sp³-hybridized carbons (Fsp3) is 0.385. The van der Waals surface area contributed by atoms with Crippen LogP contribution >= 0.6 is 0 Å². The number of hydrogen-bond donors (Lipinski definition) is 0. The lowest BCUT2D eigenvalue weighted by atomic mass is 9.61. The molecule has 1 saturated heterocycles. The van der Waals surface area contributed by atoms with Crippen LogP contribution in [0.1, 0.15) is 37.9 Å². The summed E-state index contributed by atoms with van der Waals surface area (Å²) in [6.07, 6.45) is 4.05. The summed E-state index contributed by atoms with van der Waals surface area (Å²) in [6.45, 7) is 6.33. The zero-order valence-corrected chi connectivity index (χ0v) is 18.6. The molecule has 0 saturated carbocycles. The highest BCUT2D eigenvalue weighted by Gasteiger charge is 2.64. The van der Waals surface area contributed by atoms with Crippen molar-refractivity contribution in [3.63, 3.8) is 0 Å². The Kier molecular flexibility index (Phi) is 4.94. The van der Waals surface area contributed by atoms with Crippen LogP contribution in [0.2, 0.25) is 0 Å². The van der Waals surface area contributed by atoms with Crippen LogP contribution in [0.3, 0.4) is 0 Å². The lowest BCUT2D eigenvalue weighted by molar-refractivity contribution is 0.155. The van der Waals surface area contributed by atoms with Crippen molar-refractivity contribution >= 4 is 11.8 Å². The maximum Gasteiger partial charge on any atom is 0.173 e. The van der Waals surface area contributed by atoms with Crippen molar-refractivity contribution in [1.29, 1.82) is 10.5 Å². The van der Waals surface area contributed by atoms with Crippen molar-refractivity contribution in [3.8, 4) is 23.6 Å². The molecule has 0 N–H and O–H groups in total. The van der Waals surface area contributed by atoms with Crippen LogP contribution in [0, 0.1) is 39.4 Å². The van der Waals surface area contributed by atoms with Gasteiger partial charge in [0.05, 0.1) is 38.4 Å². The van der Waals surface area contributed by atoms with Crippen LogP contribution in [-0.2, 0) is 0 Å². The second kappa shape index (κ2) is 7.36. The maximum absolute atomic E-state index is 10.4. The second-order valence-electron chi connectivity index (χ2n) is 9.30. The second-order valence-corrected chi connectivity index (χ2v) is 9.30. The minimum Gasteiger partial charge on any atom is -0.497 e. The van der Waals surface area contributed by atoms with Gasteiger partial charge in [0, 0.05) is 17.7 Å². The summed E-state index contributed by atoms with van der Waals surface area (Å²) < 4.78 is 11.1. The summed E-state index contributed by atoms with van der Waals surface area (Å²) in [5.41, 5.74) is 1.57. The summed E-state index contributed by atoms with van der Waals surface area (Å²) in [5, 5.41) is 20.8. The largest absolute Gasteiger partial charge is 0.497 e. The molecule has 4 rings (SSSR count). The average Bonchev–Trinajstić information content (AvgIpc) is 3.10. The van der Waals surface area contributed by atoms with E-state index in [1.54, 1.807) is 14.2 Å². The lowest BCUT2D eigenvalue weighted by Crippen LogP contribution is -2.41. The van der Waals surface area contributed by atoms with Crippen molar-refractivity contribution in [3.05, 3.63) is 59.7 Å². The fourth-order valence-electron chi connectivity index (χ4n) is 5.39. The molecular formula is C26H27N3O2. The number of methoxy groups -OCH3 is 2. The predicted octanol–water partition coefficient (Wildman–Crippen LogP) is 5.36. The van der Waals surface area contributed by atoms with Crippen molar-refractivity contribution in [2.24, 2.45) is 16.7 Å². The molecule has 2 aliphatic heterocycles. The van der Waals surface area contributed by atoms with E-state index in [2.05, 4.69) is 49.9 Å². The molecule has 5 heteroatoms. The maximum atomic E-state index is 10.4. The summed E-state index contributed by atoms with van der Waals surface area (Å²) in [5.74, 6) is 1.12. The Labute approximate surface area is 184 Å². The van der Waals surface area contributed by atoms with Crippen molar-refractivity contribution in [1.82, 2.24) is 0 Å². The van der Waals surface area contributed by atoms with Gasteiger partial charge in [-0.15, -0.1) is 0 Å². The van der Waals surface area contributed by atoms with Gasteiger partial charge in [0.25, 0.3) is 0 Å². The first-order valence-electron chi connectivity index (χ1n) is 10.4. The van der Waals surface area contributed by atoms with Crippen LogP contribution in [-0.4, -0.2) is 20.3 Å². The SMILES string of the molecule is COc1cc(OC)cc([C@@H]2[C@@H](C(C)(C)C)C(C#N)(C#N)[C@H]3C=Cc4ccccc4N23)c1. The molecule has 1 fully saturated rings. The van der Waals surface area contributed by atoms with Crippen LogP contribution in [0.15, 0.2) is 48.5 Å². The molecule has 0 aromatic heterocycles. The molecule has 158 valence electrons. The topological polar surface area (TPSA) is 69.3 Å². The zero-order valence-electron chi connectivity index (χ0n) is 18.6. The third-order valence-electron chi connectivity index (χ3n) is 6.56. The number of rotatable bonds is 3. The van der Waals surface area contributed by atoms with E-state index in [-0.39, 0.29) is 23.4 Å². The smallest absolute Gasteiger partial charge is 0.173 e. The van der Waals surface area contributed by atoms with E-state index in [0.29, 0.717) is 11.5 Å². The van der Waals surface area contributed by atoms with Gasteiger partial charge in [-0.3, -0.25) is 0 Å². The summed E-state index contributed by atoms with van der Waals surface area (Å²) in [4.78, 5) is 2.26. The molecule has 0 unspecified atom stereocenters. The van der Waals surface area contributed by atoms with Gasteiger partial charge in [-0.05, 0) is 34.7 Å². The molecule has 2 aliphatic rings. The Hall–Kier alpha value is -3.44. The standard InChI is InChI=1S/C26H27N3O2/c1-25(2,3)24-23(18-12-19(30-4)14-20(13-18)31-5)29-21-9-7-6-8-17(21)10-11-22(29)26(24,15-27)16-28/h6-14,22-24H,1-5H3/t22-,23-,24+/m1/s1. The number of anilines is 1. The number of nitrogens with zero attached hydrogens (tertiary/aromatic N) is 3. The molecule has 2 aromatic carbocycles. The first-order valence-corrected chi connectivity index (χ1v) is 10.4. The average molecular weight is 414 g/mol. The minimum absolute atomic E-state index is 0.209. The quantitative estimate of drug-likeness (QED) is 0.678. The van der Waals surface area contributed by atoms with E-state index < -0.39 is 5.41 Å². The van der Waals surface area contributed by atoms with Crippen molar-refractivity contribution in [2.45, 2.75) is 32.9 Å². The van der Waals surface area contributed by atoms with Gasteiger partial charge in [-0.25, -0.2) is 0 Å². The highest BCUT2D eigenvalue weighted by atomic mass is 16.5. The van der Waals surface area contributed by atoms with E-state index in [1.165, 1.54) is 0 Å². The molecule has 0 bridgehead atoms. The number of fused-ring (bicyclic) bond motifs is 3. The summed E-state index contributed by atoms with van der Waals surface area (Å²) in [6, 6.07) is 18.3. The van der Waals surface area contributed by atoms with Crippen LogP contribution < -0.4 is 14.4 Å². The molecule has 31 heavy (non-hydrogen) atoms. The third kappa shape index (κ3) is 3.04. The van der Waals surface area contributed by atoms with Gasteiger partial charge in [0.1, 0.15) is 11.5 Å². The van der Waals surface area contributed by atoms with Gasteiger partial charge in [-0.1, -0.05) is 51.1 Å².